The minimum Gasteiger partial charge on any atom is -0.314 e. The average Bonchev–Trinajstić information content (AvgIpc) is 2.29. The van der Waals surface area contributed by atoms with Gasteiger partial charge >= 0.3 is 0 Å². The van der Waals surface area contributed by atoms with Crippen LogP contribution in [-0.4, -0.2) is 17.9 Å². The molecule has 2 aromatic rings. The van der Waals surface area contributed by atoms with E-state index < -0.39 is 0 Å². The van der Waals surface area contributed by atoms with Crippen LogP contribution in [0.3, 0.4) is 0 Å². The summed E-state index contributed by atoms with van der Waals surface area (Å²) in [5.41, 5.74) is 1.84. The Labute approximate surface area is 94.7 Å². The number of pyridine rings is 1. The van der Waals surface area contributed by atoms with E-state index in [0.29, 0.717) is 0 Å². The second-order valence-corrected chi connectivity index (χ2v) is 3.85. The summed E-state index contributed by atoms with van der Waals surface area (Å²) in [6.45, 7) is 3.52. The number of amides is 1. The SMILES string of the molecule is CC(=O)N(C)c1cnc(C)c2ccccc12. The molecule has 1 aromatic heterocycles. The Morgan fingerprint density at radius 1 is 1.25 bits per heavy atom. The number of carbonyl (C=O) groups excluding carboxylic acids is 1. The summed E-state index contributed by atoms with van der Waals surface area (Å²) in [4.78, 5) is 17.3. The standard InChI is InChI=1S/C13H14N2O/c1-9-11-6-4-5-7-12(11)13(8-14-9)15(3)10(2)16/h4-8H,1-3H3. The number of hydrogen-bond acceptors (Lipinski definition) is 2. The Kier molecular flexibility index (Phi) is 2.60. The fourth-order valence-corrected chi connectivity index (χ4v) is 1.76. The van der Waals surface area contributed by atoms with Gasteiger partial charge in [-0.1, -0.05) is 24.3 Å². The molecule has 0 saturated carbocycles. The molecule has 0 N–H and O–H groups in total. The summed E-state index contributed by atoms with van der Waals surface area (Å²) in [6.07, 6.45) is 1.75. The number of benzene rings is 1. The van der Waals surface area contributed by atoms with Crippen LogP contribution >= 0.6 is 0 Å². The largest absolute Gasteiger partial charge is 0.314 e. The van der Waals surface area contributed by atoms with Gasteiger partial charge < -0.3 is 4.90 Å². The first kappa shape index (κ1) is 10.6. The number of aryl methyl sites for hydroxylation is 1. The van der Waals surface area contributed by atoms with E-state index >= 15 is 0 Å². The van der Waals surface area contributed by atoms with Crippen LogP contribution in [0.2, 0.25) is 0 Å². The lowest BCUT2D eigenvalue weighted by Gasteiger charge is -2.17. The van der Waals surface area contributed by atoms with Gasteiger partial charge in [0.05, 0.1) is 11.9 Å². The van der Waals surface area contributed by atoms with Crippen molar-refractivity contribution in [2.24, 2.45) is 0 Å². The van der Waals surface area contributed by atoms with Gasteiger partial charge in [-0.3, -0.25) is 9.78 Å². The smallest absolute Gasteiger partial charge is 0.223 e. The topological polar surface area (TPSA) is 33.2 Å². The van der Waals surface area contributed by atoms with E-state index in [2.05, 4.69) is 4.98 Å². The first-order valence-electron chi connectivity index (χ1n) is 5.20. The van der Waals surface area contributed by atoms with Crippen LogP contribution in [-0.2, 0) is 4.79 Å². The monoisotopic (exact) mass is 214 g/mol. The number of anilines is 1. The lowest BCUT2D eigenvalue weighted by atomic mass is 10.1. The van der Waals surface area contributed by atoms with Gasteiger partial charge in [0, 0.05) is 30.4 Å². The molecule has 0 aliphatic heterocycles. The van der Waals surface area contributed by atoms with E-state index in [1.165, 1.54) is 0 Å². The van der Waals surface area contributed by atoms with E-state index in [-0.39, 0.29) is 5.91 Å². The van der Waals surface area contributed by atoms with Crippen LogP contribution in [0.1, 0.15) is 12.6 Å². The van der Waals surface area contributed by atoms with Crippen molar-refractivity contribution in [3.8, 4) is 0 Å². The summed E-state index contributed by atoms with van der Waals surface area (Å²) >= 11 is 0. The molecule has 1 amide bonds. The number of hydrogen-bond donors (Lipinski definition) is 0. The number of rotatable bonds is 1. The zero-order valence-electron chi connectivity index (χ0n) is 9.69. The van der Waals surface area contributed by atoms with Crippen molar-refractivity contribution in [1.82, 2.24) is 4.98 Å². The minimum absolute atomic E-state index is 0.0100. The van der Waals surface area contributed by atoms with Crippen LogP contribution in [0.15, 0.2) is 30.5 Å². The van der Waals surface area contributed by atoms with Crippen LogP contribution in [0.4, 0.5) is 5.69 Å². The normalized spacial score (nSPS) is 10.4. The van der Waals surface area contributed by atoms with Crippen molar-refractivity contribution in [2.45, 2.75) is 13.8 Å². The van der Waals surface area contributed by atoms with Crippen molar-refractivity contribution in [1.29, 1.82) is 0 Å². The molecule has 1 aromatic carbocycles. The Morgan fingerprint density at radius 3 is 2.50 bits per heavy atom. The Bertz CT molecular complexity index is 549. The van der Waals surface area contributed by atoms with Crippen LogP contribution in [0.25, 0.3) is 10.8 Å². The van der Waals surface area contributed by atoms with Crippen LogP contribution < -0.4 is 4.90 Å². The molecule has 0 spiro atoms. The first-order valence-corrected chi connectivity index (χ1v) is 5.20. The van der Waals surface area contributed by atoms with E-state index in [9.17, 15) is 4.79 Å². The van der Waals surface area contributed by atoms with Gasteiger partial charge in [0.2, 0.25) is 5.91 Å². The first-order chi connectivity index (χ1) is 7.61. The predicted octanol–water partition coefficient (Wildman–Crippen LogP) is 2.53. The van der Waals surface area contributed by atoms with Gasteiger partial charge in [0.1, 0.15) is 0 Å². The number of fused-ring (bicyclic) bond motifs is 1. The van der Waals surface area contributed by atoms with E-state index in [0.717, 1.165) is 22.2 Å². The van der Waals surface area contributed by atoms with Gasteiger partial charge in [-0.15, -0.1) is 0 Å². The molecule has 0 aliphatic rings. The lowest BCUT2D eigenvalue weighted by molar-refractivity contribution is -0.116. The van der Waals surface area contributed by atoms with Gasteiger partial charge in [-0.25, -0.2) is 0 Å². The maximum absolute atomic E-state index is 11.4. The summed E-state index contributed by atoms with van der Waals surface area (Å²) in [6, 6.07) is 7.99. The molecule has 0 fully saturated rings. The van der Waals surface area contributed by atoms with Crippen LogP contribution in [0.5, 0.6) is 0 Å². The minimum atomic E-state index is 0.0100. The highest BCUT2D eigenvalue weighted by atomic mass is 16.2. The lowest BCUT2D eigenvalue weighted by Crippen LogP contribution is -2.23. The summed E-state index contributed by atoms with van der Waals surface area (Å²) in [5, 5.41) is 2.15. The van der Waals surface area contributed by atoms with Crippen molar-refractivity contribution < 1.29 is 4.79 Å². The fourth-order valence-electron chi connectivity index (χ4n) is 1.76. The third-order valence-corrected chi connectivity index (χ3v) is 2.81. The van der Waals surface area contributed by atoms with Crippen molar-refractivity contribution in [3.05, 3.63) is 36.2 Å². The molecular weight excluding hydrogens is 200 g/mol. The molecule has 0 unspecified atom stereocenters. The molecule has 0 saturated heterocycles. The van der Waals surface area contributed by atoms with Crippen molar-refractivity contribution in [3.63, 3.8) is 0 Å². The fraction of sp³-hybridized carbons (Fsp3) is 0.231. The number of nitrogens with zero attached hydrogens (tertiary/aromatic N) is 2. The molecular formula is C13H14N2O. The Hall–Kier alpha value is -1.90. The molecule has 1 heterocycles. The maximum Gasteiger partial charge on any atom is 0.223 e. The maximum atomic E-state index is 11.4. The molecule has 2 rings (SSSR count). The molecule has 0 radical (unpaired) electrons. The Morgan fingerprint density at radius 2 is 1.88 bits per heavy atom. The average molecular weight is 214 g/mol. The van der Waals surface area contributed by atoms with Crippen molar-refractivity contribution >= 4 is 22.4 Å². The van der Waals surface area contributed by atoms with Gasteiger partial charge in [-0.2, -0.15) is 0 Å². The van der Waals surface area contributed by atoms with Gasteiger partial charge in [0.15, 0.2) is 0 Å². The molecule has 0 bridgehead atoms. The highest BCUT2D eigenvalue weighted by Crippen LogP contribution is 2.26. The Balaban J connectivity index is 2.72. The van der Waals surface area contributed by atoms with Crippen LogP contribution in [0, 0.1) is 6.92 Å². The quantitative estimate of drug-likeness (QED) is 0.730. The van der Waals surface area contributed by atoms with Gasteiger partial charge in [-0.05, 0) is 6.92 Å². The third kappa shape index (κ3) is 1.65. The third-order valence-electron chi connectivity index (χ3n) is 2.81. The van der Waals surface area contributed by atoms with E-state index in [4.69, 9.17) is 0 Å². The second-order valence-electron chi connectivity index (χ2n) is 3.85. The molecule has 0 atom stereocenters. The zero-order chi connectivity index (χ0) is 11.7. The number of carbonyl (C=O) groups is 1. The molecule has 3 nitrogen and oxygen atoms in total. The predicted molar refractivity (Wildman–Crippen MR) is 65.6 cm³/mol. The zero-order valence-corrected chi connectivity index (χ0v) is 9.69. The summed E-state index contributed by atoms with van der Waals surface area (Å²) < 4.78 is 0. The molecule has 16 heavy (non-hydrogen) atoms. The highest BCUT2D eigenvalue weighted by Gasteiger charge is 2.10. The van der Waals surface area contributed by atoms with Crippen molar-refractivity contribution in [2.75, 3.05) is 11.9 Å². The van der Waals surface area contributed by atoms with Gasteiger partial charge in [0.25, 0.3) is 0 Å². The summed E-state index contributed by atoms with van der Waals surface area (Å²) in [7, 11) is 1.76. The summed E-state index contributed by atoms with van der Waals surface area (Å²) in [5.74, 6) is 0.0100. The van der Waals surface area contributed by atoms with E-state index in [1.807, 2.05) is 31.2 Å². The highest BCUT2D eigenvalue weighted by molar-refractivity contribution is 6.02. The van der Waals surface area contributed by atoms with E-state index in [1.54, 1.807) is 25.1 Å². The molecule has 82 valence electrons. The second kappa shape index (κ2) is 3.93. The number of aromatic nitrogens is 1. The molecule has 3 heteroatoms. The molecule has 0 aliphatic carbocycles.